The van der Waals surface area contributed by atoms with Gasteiger partial charge in [0.15, 0.2) is 0 Å². The molecule has 0 heterocycles. The maximum Gasteiger partial charge on any atom is 0.0637 e. The van der Waals surface area contributed by atoms with Gasteiger partial charge in [-0.2, -0.15) is 0 Å². The van der Waals surface area contributed by atoms with Crippen LogP contribution in [0.25, 0.3) is 0 Å². The van der Waals surface area contributed by atoms with Gasteiger partial charge >= 0.3 is 0 Å². The molecule has 0 rings (SSSR count). The van der Waals surface area contributed by atoms with Crippen molar-refractivity contribution in [2.75, 3.05) is 95.0 Å². The van der Waals surface area contributed by atoms with Crippen LogP contribution < -0.4 is 0 Å². The standard InChI is InChI=1S/C17H36O7/c1-7-23-13-17(11-21-5,12-22-6)15-24-14-16(8-18-2,9-19-3)10-20-4/h7-15H2,1-6H3. The zero-order valence-electron chi connectivity index (χ0n) is 16.2. The molecule has 0 aliphatic carbocycles. The van der Waals surface area contributed by atoms with E-state index >= 15 is 0 Å². The molecule has 0 radical (unpaired) electrons. The molecule has 0 amide bonds. The SMILES string of the molecule is CCOCC(COC)(COC)COCC(COC)(COC)COC. The van der Waals surface area contributed by atoms with Crippen LogP contribution in [0.5, 0.6) is 0 Å². The van der Waals surface area contributed by atoms with Gasteiger partial charge in [0.05, 0.1) is 63.7 Å². The van der Waals surface area contributed by atoms with E-state index in [1.54, 1.807) is 35.5 Å². The highest BCUT2D eigenvalue weighted by atomic mass is 16.5. The van der Waals surface area contributed by atoms with Gasteiger partial charge in [0.1, 0.15) is 0 Å². The van der Waals surface area contributed by atoms with Gasteiger partial charge in [0.25, 0.3) is 0 Å². The third-order valence-electron chi connectivity index (χ3n) is 3.68. The summed E-state index contributed by atoms with van der Waals surface area (Å²) in [5.41, 5.74) is -0.700. The van der Waals surface area contributed by atoms with Gasteiger partial charge in [-0.05, 0) is 6.92 Å². The summed E-state index contributed by atoms with van der Waals surface area (Å²) in [5.74, 6) is 0. The fraction of sp³-hybridized carbons (Fsp3) is 1.00. The van der Waals surface area contributed by atoms with Crippen molar-refractivity contribution in [3.05, 3.63) is 0 Å². The van der Waals surface area contributed by atoms with Gasteiger partial charge in [-0.3, -0.25) is 0 Å². The number of rotatable bonds is 17. The van der Waals surface area contributed by atoms with Crippen molar-refractivity contribution >= 4 is 0 Å². The molecule has 0 aliphatic rings. The normalized spacial score (nSPS) is 12.8. The molecule has 146 valence electrons. The van der Waals surface area contributed by atoms with E-state index in [4.69, 9.17) is 33.2 Å². The lowest BCUT2D eigenvalue weighted by molar-refractivity contribution is -0.127. The minimum absolute atomic E-state index is 0.349. The van der Waals surface area contributed by atoms with Gasteiger partial charge < -0.3 is 33.2 Å². The molecule has 0 fully saturated rings. The fourth-order valence-corrected chi connectivity index (χ4v) is 2.83. The highest BCUT2D eigenvalue weighted by Gasteiger charge is 2.35. The summed E-state index contributed by atoms with van der Waals surface area (Å²) >= 11 is 0. The van der Waals surface area contributed by atoms with Crippen molar-refractivity contribution in [3.8, 4) is 0 Å². The third kappa shape index (κ3) is 8.71. The fourth-order valence-electron chi connectivity index (χ4n) is 2.83. The first-order valence-corrected chi connectivity index (χ1v) is 8.17. The molecule has 0 unspecified atom stereocenters. The lowest BCUT2D eigenvalue weighted by Gasteiger charge is -2.35. The van der Waals surface area contributed by atoms with E-state index in [-0.39, 0.29) is 10.8 Å². The van der Waals surface area contributed by atoms with Crippen molar-refractivity contribution in [1.82, 2.24) is 0 Å². The Hall–Kier alpha value is -0.280. The Morgan fingerprint density at radius 2 is 0.750 bits per heavy atom. The molecule has 0 saturated carbocycles. The van der Waals surface area contributed by atoms with Crippen LogP contribution in [-0.2, 0) is 33.2 Å². The van der Waals surface area contributed by atoms with Crippen molar-refractivity contribution in [2.24, 2.45) is 10.8 Å². The zero-order chi connectivity index (χ0) is 18.3. The van der Waals surface area contributed by atoms with Crippen LogP contribution in [0.2, 0.25) is 0 Å². The summed E-state index contributed by atoms with van der Waals surface area (Å²) in [7, 11) is 8.32. The van der Waals surface area contributed by atoms with Crippen molar-refractivity contribution in [3.63, 3.8) is 0 Å². The topological polar surface area (TPSA) is 64.6 Å². The Kier molecular flexibility index (Phi) is 13.8. The molecular weight excluding hydrogens is 316 g/mol. The number of hydrogen-bond acceptors (Lipinski definition) is 7. The van der Waals surface area contributed by atoms with Crippen LogP contribution in [0.4, 0.5) is 0 Å². The minimum atomic E-state index is -0.351. The van der Waals surface area contributed by atoms with Crippen LogP contribution >= 0.6 is 0 Å². The average molecular weight is 352 g/mol. The Balaban J connectivity index is 4.88. The van der Waals surface area contributed by atoms with E-state index in [2.05, 4.69) is 0 Å². The van der Waals surface area contributed by atoms with E-state index in [9.17, 15) is 0 Å². The Morgan fingerprint density at radius 1 is 0.458 bits per heavy atom. The molecule has 0 aliphatic heterocycles. The zero-order valence-corrected chi connectivity index (χ0v) is 16.2. The van der Waals surface area contributed by atoms with Gasteiger partial charge in [-0.25, -0.2) is 0 Å². The van der Waals surface area contributed by atoms with Crippen molar-refractivity contribution < 1.29 is 33.2 Å². The Morgan fingerprint density at radius 3 is 1.04 bits per heavy atom. The van der Waals surface area contributed by atoms with Crippen LogP contribution in [0.3, 0.4) is 0 Å². The van der Waals surface area contributed by atoms with E-state index in [1.165, 1.54) is 0 Å². The van der Waals surface area contributed by atoms with Gasteiger partial charge in [-0.15, -0.1) is 0 Å². The first kappa shape index (κ1) is 23.7. The van der Waals surface area contributed by atoms with Crippen molar-refractivity contribution in [1.29, 1.82) is 0 Å². The maximum absolute atomic E-state index is 6.04. The Bertz CT molecular complexity index is 263. The van der Waals surface area contributed by atoms with Crippen molar-refractivity contribution in [2.45, 2.75) is 6.92 Å². The van der Waals surface area contributed by atoms with Crippen LogP contribution in [0, 0.1) is 10.8 Å². The molecule has 0 N–H and O–H groups in total. The monoisotopic (exact) mass is 352 g/mol. The first-order chi connectivity index (χ1) is 11.6. The maximum atomic E-state index is 6.04. The molecule has 0 aromatic heterocycles. The van der Waals surface area contributed by atoms with Gasteiger partial charge in [-0.1, -0.05) is 0 Å². The summed E-state index contributed by atoms with van der Waals surface area (Å²) in [5, 5.41) is 0. The molecule has 0 saturated heterocycles. The smallest absolute Gasteiger partial charge is 0.0637 e. The van der Waals surface area contributed by atoms with Crippen LogP contribution in [-0.4, -0.2) is 95.0 Å². The second kappa shape index (κ2) is 13.9. The Labute approximate surface area is 146 Å². The highest BCUT2D eigenvalue weighted by Crippen LogP contribution is 2.24. The molecule has 0 atom stereocenters. The molecule has 7 nitrogen and oxygen atoms in total. The summed E-state index contributed by atoms with van der Waals surface area (Å²) in [6.07, 6.45) is 0. The molecule has 0 spiro atoms. The largest absolute Gasteiger partial charge is 0.384 e. The first-order valence-electron chi connectivity index (χ1n) is 8.17. The van der Waals surface area contributed by atoms with E-state index in [0.29, 0.717) is 59.5 Å². The van der Waals surface area contributed by atoms with E-state index in [0.717, 1.165) is 0 Å². The van der Waals surface area contributed by atoms with Gasteiger partial charge in [0, 0.05) is 42.2 Å². The molecular formula is C17H36O7. The summed E-state index contributed by atoms with van der Waals surface area (Å²) < 4.78 is 38.4. The predicted octanol–water partition coefficient (Wildman–Crippen LogP) is 1.24. The van der Waals surface area contributed by atoms with Crippen LogP contribution in [0.1, 0.15) is 6.92 Å². The lowest BCUT2D eigenvalue weighted by atomic mass is 9.90. The number of methoxy groups -OCH3 is 5. The van der Waals surface area contributed by atoms with E-state index < -0.39 is 0 Å². The summed E-state index contributed by atoms with van der Waals surface area (Å²) in [6, 6.07) is 0. The quantitative estimate of drug-likeness (QED) is 0.390. The average Bonchev–Trinajstić information content (AvgIpc) is 2.54. The second-order valence-electron chi connectivity index (χ2n) is 6.29. The molecule has 0 bridgehead atoms. The molecule has 7 heteroatoms. The van der Waals surface area contributed by atoms with E-state index in [1.807, 2.05) is 6.92 Å². The number of hydrogen-bond donors (Lipinski definition) is 0. The summed E-state index contributed by atoms with van der Waals surface area (Å²) in [6.45, 7) is 6.46. The lowest BCUT2D eigenvalue weighted by Crippen LogP contribution is -2.45. The second-order valence-corrected chi connectivity index (χ2v) is 6.29. The molecule has 0 aromatic rings. The van der Waals surface area contributed by atoms with Crippen LogP contribution in [0.15, 0.2) is 0 Å². The number of ether oxygens (including phenoxy) is 7. The third-order valence-corrected chi connectivity index (χ3v) is 3.68. The summed E-state index contributed by atoms with van der Waals surface area (Å²) in [4.78, 5) is 0. The molecule has 0 aromatic carbocycles. The predicted molar refractivity (Wildman–Crippen MR) is 91.6 cm³/mol. The van der Waals surface area contributed by atoms with Gasteiger partial charge in [0.2, 0.25) is 0 Å². The minimum Gasteiger partial charge on any atom is -0.384 e. The highest BCUT2D eigenvalue weighted by molar-refractivity contribution is 4.82. The molecule has 24 heavy (non-hydrogen) atoms.